The molecule has 2 rings (SSSR count). The van der Waals surface area contributed by atoms with Gasteiger partial charge in [-0.3, -0.25) is 0 Å². The molecule has 118 valence electrons. The van der Waals surface area contributed by atoms with Crippen molar-refractivity contribution in [3.05, 3.63) is 48.5 Å². The molecule has 0 fully saturated rings. The zero-order valence-corrected chi connectivity index (χ0v) is 14.2. The molecule has 0 heterocycles. The van der Waals surface area contributed by atoms with Crippen LogP contribution in [-0.2, 0) is 0 Å². The predicted octanol–water partition coefficient (Wildman–Crippen LogP) is 5.05. The lowest BCUT2D eigenvalue weighted by molar-refractivity contribution is 0.553. The minimum Gasteiger partial charge on any atom is -0.397 e. The molecule has 22 heavy (non-hydrogen) atoms. The number of hydrogen-bond donors (Lipinski definition) is 1. The zero-order valence-electron chi connectivity index (χ0n) is 14.2. The second-order valence-corrected chi connectivity index (χ2v) is 6.83. The molecule has 0 aliphatic rings. The first-order valence-corrected chi connectivity index (χ1v) is 8.17. The maximum Gasteiger partial charge on any atom is 0.0600 e. The second-order valence-electron chi connectivity index (χ2n) is 6.83. The van der Waals surface area contributed by atoms with E-state index in [1.165, 1.54) is 11.1 Å². The van der Waals surface area contributed by atoms with Crippen LogP contribution >= 0.6 is 0 Å². The van der Waals surface area contributed by atoms with Crippen molar-refractivity contribution in [3.63, 3.8) is 0 Å². The van der Waals surface area contributed by atoms with E-state index in [1.54, 1.807) is 0 Å². The summed E-state index contributed by atoms with van der Waals surface area (Å²) in [7, 11) is 0. The van der Waals surface area contributed by atoms with Crippen LogP contribution < -0.4 is 10.6 Å². The quantitative estimate of drug-likeness (QED) is 0.755. The number of nitrogen functional groups attached to an aromatic ring is 1. The standard InChI is InChI=1S/C20H28N2/c1-15(2)13-22(14-16(3)4)20-11-10-18(12-19(20)21)17-8-6-5-7-9-17/h5-12,15-16H,13-14,21H2,1-4H3. The summed E-state index contributed by atoms with van der Waals surface area (Å²) in [5.41, 5.74) is 10.8. The fourth-order valence-electron chi connectivity index (χ4n) is 2.81. The van der Waals surface area contributed by atoms with Crippen LogP contribution in [0.25, 0.3) is 11.1 Å². The Hall–Kier alpha value is -1.96. The second kappa shape index (κ2) is 7.35. The summed E-state index contributed by atoms with van der Waals surface area (Å²) in [4.78, 5) is 2.42. The fourth-order valence-corrected chi connectivity index (χ4v) is 2.81. The molecule has 0 amide bonds. The molecule has 0 bridgehead atoms. The van der Waals surface area contributed by atoms with Gasteiger partial charge in [0.2, 0.25) is 0 Å². The Labute approximate surface area is 135 Å². The minimum atomic E-state index is 0.618. The molecule has 2 nitrogen and oxygen atoms in total. The van der Waals surface area contributed by atoms with E-state index in [0.717, 1.165) is 24.5 Å². The summed E-state index contributed by atoms with van der Waals surface area (Å²) in [6.45, 7) is 11.1. The third-order valence-electron chi connectivity index (χ3n) is 3.65. The number of nitrogens with zero attached hydrogens (tertiary/aromatic N) is 1. The van der Waals surface area contributed by atoms with Crippen LogP contribution in [0.2, 0.25) is 0 Å². The Bertz CT molecular complexity index is 578. The van der Waals surface area contributed by atoms with Crippen molar-refractivity contribution >= 4 is 11.4 Å². The molecule has 0 unspecified atom stereocenters. The third-order valence-corrected chi connectivity index (χ3v) is 3.65. The van der Waals surface area contributed by atoms with Gasteiger partial charge in [-0.15, -0.1) is 0 Å². The van der Waals surface area contributed by atoms with E-state index in [-0.39, 0.29) is 0 Å². The van der Waals surface area contributed by atoms with Crippen molar-refractivity contribution < 1.29 is 0 Å². The van der Waals surface area contributed by atoms with Crippen molar-refractivity contribution in [1.29, 1.82) is 0 Å². The summed E-state index contributed by atoms with van der Waals surface area (Å²) in [5, 5.41) is 0. The maximum atomic E-state index is 6.37. The highest BCUT2D eigenvalue weighted by atomic mass is 15.1. The van der Waals surface area contributed by atoms with Gasteiger partial charge in [0.25, 0.3) is 0 Å². The molecule has 0 aliphatic carbocycles. The van der Waals surface area contributed by atoms with Gasteiger partial charge in [0, 0.05) is 13.1 Å². The topological polar surface area (TPSA) is 29.3 Å². The molecular weight excluding hydrogens is 268 g/mol. The molecule has 0 saturated heterocycles. The maximum absolute atomic E-state index is 6.37. The van der Waals surface area contributed by atoms with Gasteiger partial charge in [0.15, 0.2) is 0 Å². The summed E-state index contributed by atoms with van der Waals surface area (Å²) >= 11 is 0. The zero-order chi connectivity index (χ0) is 16.1. The van der Waals surface area contributed by atoms with E-state index in [2.05, 4.69) is 75.1 Å². The molecule has 0 radical (unpaired) electrons. The van der Waals surface area contributed by atoms with Crippen LogP contribution in [0.4, 0.5) is 11.4 Å². The lowest BCUT2D eigenvalue weighted by atomic mass is 10.0. The van der Waals surface area contributed by atoms with Crippen molar-refractivity contribution in [2.45, 2.75) is 27.7 Å². The fraction of sp³-hybridized carbons (Fsp3) is 0.400. The molecule has 0 aromatic heterocycles. The van der Waals surface area contributed by atoms with Crippen molar-refractivity contribution in [2.75, 3.05) is 23.7 Å². The van der Waals surface area contributed by atoms with Crippen LogP contribution in [0.5, 0.6) is 0 Å². The van der Waals surface area contributed by atoms with Crippen molar-refractivity contribution in [2.24, 2.45) is 11.8 Å². The third kappa shape index (κ3) is 4.27. The monoisotopic (exact) mass is 296 g/mol. The molecule has 0 saturated carbocycles. The first-order valence-electron chi connectivity index (χ1n) is 8.17. The number of hydrogen-bond acceptors (Lipinski definition) is 2. The van der Waals surface area contributed by atoms with Crippen molar-refractivity contribution in [3.8, 4) is 11.1 Å². The summed E-state index contributed by atoms with van der Waals surface area (Å²) in [5.74, 6) is 1.24. The number of benzene rings is 2. The van der Waals surface area contributed by atoms with Gasteiger partial charge in [0.05, 0.1) is 11.4 Å². The van der Waals surface area contributed by atoms with Crippen LogP contribution in [0.15, 0.2) is 48.5 Å². The molecule has 2 N–H and O–H groups in total. The normalized spacial score (nSPS) is 11.2. The predicted molar refractivity (Wildman–Crippen MR) is 98.2 cm³/mol. The number of nitrogens with two attached hydrogens (primary N) is 1. The molecule has 0 atom stereocenters. The van der Waals surface area contributed by atoms with Gasteiger partial charge in [0.1, 0.15) is 0 Å². The Morgan fingerprint density at radius 1 is 0.818 bits per heavy atom. The van der Waals surface area contributed by atoms with Gasteiger partial charge in [-0.2, -0.15) is 0 Å². The average Bonchev–Trinajstić information content (AvgIpc) is 2.46. The van der Waals surface area contributed by atoms with Gasteiger partial charge in [-0.25, -0.2) is 0 Å². The Morgan fingerprint density at radius 2 is 1.41 bits per heavy atom. The Kier molecular flexibility index (Phi) is 5.48. The van der Waals surface area contributed by atoms with Gasteiger partial charge in [-0.1, -0.05) is 64.1 Å². The van der Waals surface area contributed by atoms with E-state index in [1.807, 2.05) is 6.07 Å². The molecule has 2 aromatic carbocycles. The van der Waals surface area contributed by atoms with Crippen LogP contribution in [0.1, 0.15) is 27.7 Å². The lowest BCUT2D eigenvalue weighted by Crippen LogP contribution is -2.31. The highest BCUT2D eigenvalue weighted by Crippen LogP contribution is 2.30. The van der Waals surface area contributed by atoms with E-state index >= 15 is 0 Å². The SMILES string of the molecule is CC(C)CN(CC(C)C)c1ccc(-c2ccccc2)cc1N. The summed E-state index contributed by atoms with van der Waals surface area (Å²) < 4.78 is 0. The molecular formula is C20H28N2. The van der Waals surface area contributed by atoms with Crippen LogP contribution in [0, 0.1) is 11.8 Å². The molecule has 2 aromatic rings. The van der Waals surface area contributed by atoms with Crippen LogP contribution in [-0.4, -0.2) is 13.1 Å². The highest BCUT2D eigenvalue weighted by Gasteiger charge is 2.13. The van der Waals surface area contributed by atoms with E-state index < -0.39 is 0 Å². The highest BCUT2D eigenvalue weighted by molar-refractivity contribution is 5.76. The lowest BCUT2D eigenvalue weighted by Gasteiger charge is -2.30. The average molecular weight is 296 g/mol. The molecule has 2 heteroatoms. The largest absolute Gasteiger partial charge is 0.397 e. The number of anilines is 2. The number of rotatable bonds is 6. The minimum absolute atomic E-state index is 0.618. The van der Waals surface area contributed by atoms with E-state index in [9.17, 15) is 0 Å². The van der Waals surface area contributed by atoms with Gasteiger partial charge < -0.3 is 10.6 Å². The molecule has 0 spiro atoms. The summed E-state index contributed by atoms with van der Waals surface area (Å²) in [6.07, 6.45) is 0. The Morgan fingerprint density at radius 3 is 1.91 bits per heavy atom. The first kappa shape index (κ1) is 16.4. The van der Waals surface area contributed by atoms with Gasteiger partial charge in [-0.05, 0) is 35.1 Å². The molecule has 0 aliphatic heterocycles. The smallest absolute Gasteiger partial charge is 0.0600 e. The first-order chi connectivity index (χ1) is 10.5. The summed E-state index contributed by atoms with van der Waals surface area (Å²) in [6, 6.07) is 16.8. The Balaban J connectivity index is 2.30. The van der Waals surface area contributed by atoms with Crippen LogP contribution in [0.3, 0.4) is 0 Å². The van der Waals surface area contributed by atoms with E-state index in [4.69, 9.17) is 5.73 Å². The van der Waals surface area contributed by atoms with Gasteiger partial charge >= 0.3 is 0 Å². The van der Waals surface area contributed by atoms with E-state index in [0.29, 0.717) is 11.8 Å². The van der Waals surface area contributed by atoms with Crippen molar-refractivity contribution in [1.82, 2.24) is 0 Å².